The van der Waals surface area contributed by atoms with Crippen molar-refractivity contribution in [3.63, 3.8) is 0 Å². The zero-order valence-electron chi connectivity index (χ0n) is 10.1. The van der Waals surface area contributed by atoms with E-state index in [-0.39, 0.29) is 0 Å². The van der Waals surface area contributed by atoms with E-state index in [4.69, 9.17) is 6.42 Å². The number of rotatable bonds is 6. The SMILES string of the molecule is C#CCCCc1cn(C[Se]c2ccccc2)nn1. The maximum absolute atomic E-state index is 5.22. The zero-order chi connectivity index (χ0) is 12.6. The minimum absolute atomic E-state index is 0.408. The normalized spacial score (nSPS) is 10.2. The van der Waals surface area contributed by atoms with Crippen LogP contribution in [0.1, 0.15) is 18.5 Å². The molecule has 18 heavy (non-hydrogen) atoms. The Morgan fingerprint density at radius 3 is 2.89 bits per heavy atom. The van der Waals surface area contributed by atoms with E-state index in [1.807, 2.05) is 16.9 Å². The summed E-state index contributed by atoms with van der Waals surface area (Å²) in [7, 11) is 0. The second kappa shape index (κ2) is 7.00. The van der Waals surface area contributed by atoms with Gasteiger partial charge in [-0.2, -0.15) is 0 Å². The molecule has 92 valence electrons. The first kappa shape index (κ1) is 12.9. The summed E-state index contributed by atoms with van der Waals surface area (Å²) in [5.74, 6) is 2.64. The topological polar surface area (TPSA) is 30.7 Å². The van der Waals surface area contributed by atoms with E-state index in [1.165, 1.54) is 4.46 Å². The first-order chi connectivity index (χ1) is 8.88. The molecule has 0 unspecified atom stereocenters. The van der Waals surface area contributed by atoms with Crippen LogP contribution in [0.2, 0.25) is 0 Å². The number of benzene rings is 1. The van der Waals surface area contributed by atoms with Gasteiger partial charge in [-0.25, -0.2) is 0 Å². The van der Waals surface area contributed by atoms with Gasteiger partial charge in [0.2, 0.25) is 0 Å². The van der Waals surface area contributed by atoms with E-state index in [0.717, 1.165) is 30.4 Å². The fraction of sp³-hybridized carbons (Fsp3) is 0.286. The molecular formula is C14H15N3Se. The predicted octanol–water partition coefficient (Wildman–Crippen LogP) is 1.22. The van der Waals surface area contributed by atoms with Crippen molar-refractivity contribution in [3.8, 4) is 12.3 Å². The molecule has 0 saturated carbocycles. The van der Waals surface area contributed by atoms with Crippen LogP contribution in [-0.2, 0) is 11.9 Å². The third kappa shape index (κ3) is 4.03. The Balaban J connectivity index is 1.82. The van der Waals surface area contributed by atoms with Crippen LogP contribution in [0.25, 0.3) is 0 Å². The number of hydrogen-bond donors (Lipinski definition) is 0. The van der Waals surface area contributed by atoms with Crippen molar-refractivity contribution in [2.45, 2.75) is 24.7 Å². The van der Waals surface area contributed by atoms with Crippen molar-refractivity contribution in [1.82, 2.24) is 15.0 Å². The van der Waals surface area contributed by atoms with Gasteiger partial charge in [0.25, 0.3) is 0 Å². The molecule has 0 spiro atoms. The monoisotopic (exact) mass is 305 g/mol. The van der Waals surface area contributed by atoms with Gasteiger partial charge in [-0.3, -0.25) is 0 Å². The third-order valence-corrected chi connectivity index (χ3v) is 4.54. The van der Waals surface area contributed by atoms with E-state index in [0.29, 0.717) is 15.0 Å². The summed E-state index contributed by atoms with van der Waals surface area (Å²) in [6.45, 7) is 0. The van der Waals surface area contributed by atoms with Crippen molar-refractivity contribution >= 4 is 19.4 Å². The summed E-state index contributed by atoms with van der Waals surface area (Å²) in [4.78, 5) is 0. The summed E-state index contributed by atoms with van der Waals surface area (Å²) in [6.07, 6.45) is 9.96. The van der Waals surface area contributed by atoms with Gasteiger partial charge in [-0.1, -0.05) is 0 Å². The van der Waals surface area contributed by atoms with E-state index in [2.05, 4.69) is 40.5 Å². The van der Waals surface area contributed by atoms with Crippen LogP contribution in [0.3, 0.4) is 0 Å². The molecule has 0 bridgehead atoms. The van der Waals surface area contributed by atoms with E-state index >= 15 is 0 Å². The van der Waals surface area contributed by atoms with Crippen molar-refractivity contribution in [1.29, 1.82) is 0 Å². The fourth-order valence-corrected chi connectivity index (χ4v) is 3.13. The van der Waals surface area contributed by atoms with E-state index in [9.17, 15) is 0 Å². The summed E-state index contributed by atoms with van der Waals surface area (Å²) in [5.41, 5.74) is 1.97. The predicted molar refractivity (Wildman–Crippen MR) is 73.6 cm³/mol. The van der Waals surface area contributed by atoms with Gasteiger partial charge in [-0.15, -0.1) is 0 Å². The summed E-state index contributed by atoms with van der Waals surface area (Å²) in [5, 5.41) is 8.30. The van der Waals surface area contributed by atoms with E-state index < -0.39 is 0 Å². The number of unbranched alkanes of at least 4 members (excludes halogenated alkanes) is 1. The number of aromatic nitrogens is 3. The first-order valence-corrected chi connectivity index (χ1v) is 7.95. The van der Waals surface area contributed by atoms with Crippen LogP contribution in [0.5, 0.6) is 0 Å². The number of aryl methyl sites for hydroxylation is 1. The summed E-state index contributed by atoms with van der Waals surface area (Å²) < 4.78 is 3.31. The van der Waals surface area contributed by atoms with Crippen LogP contribution >= 0.6 is 0 Å². The van der Waals surface area contributed by atoms with Crippen molar-refractivity contribution in [2.75, 3.05) is 0 Å². The van der Waals surface area contributed by atoms with Crippen molar-refractivity contribution in [2.24, 2.45) is 0 Å². The molecule has 1 heterocycles. The van der Waals surface area contributed by atoms with Gasteiger partial charge in [0.1, 0.15) is 0 Å². The molecule has 0 aliphatic heterocycles. The number of hydrogen-bond acceptors (Lipinski definition) is 2. The number of nitrogens with zero attached hydrogens (tertiary/aromatic N) is 3. The first-order valence-electron chi connectivity index (χ1n) is 5.89. The standard InChI is InChI=1S/C14H15N3Se/c1-2-3-5-8-13-11-17(16-15-13)12-18-14-9-6-4-7-10-14/h1,4,6-7,9-11H,3,5,8,12H2. The number of terminal acetylenes is 1. The molecule has 1 aromatic carbocycles. The summed E-state index contributed by atoms with van der Waals surface area (Å²) >= 11 is 0.408. The molecule has 0 saturated heterocycles. The Kier molecular flexibility index (Phi) is 5.01. The second-order valence-electron chi connectivity index (χ2n) is 3.89. The van der Waals surface area contributed by atoms with Gasteiger partial charge in [0.15, 0.2) is 0 Å². The Morgan fingerprint density at radius 2 is 2.11 bits per heavy atom. The fourth-order valence-electron chi connectivity index (χ4n) is 1.55. The van der Waals surface area contributed by atoms with Gasteiger partial charge in [-0.05, 0) is 0 Å². The van der Waals surface area contributed by atoms with Crippen LogP contribution in [-0.4, -0.2) is 30.0 Å². The van der Waals surface area contributed by atoms with Gasteiger partial charge < -0.3 is 0 Å². The van der Waals surface area contributed by atoms with Crippen LogP contribution in [0.4, 0.5) is 0 Å². The molecule has 0 fully saturated rings. The minimum atomic E-state index is 0.408. The molecule has 4 heteroatoms. The van der Waals surface area contributed by atoms with Crippen LogP contribution < -0.4 is 4.46 Å². The average Bonchev–Trinajstić information content (AvgIpc) is 2.86. The van der Waals surface area contributed by atoms with Crippen LogP contribution in [0, 0.1) is 12.3 Å². The quantitative estimate of drug-likeness (QED) is 0.456. The Hall–Kier alpha value is -1.56. The molecular weight excluding hydrogens is 289 g/mol. The molecule has 0 aliphatic carbocycles. The van der Waals surface area contributed by atoms with E-state index in [1.54, 1.807) is 0 Å². The Bertz CT molecular complexity index is 513. The molecule has 0 radical (unpaired) electrons. The van der Waals surface area contributed by atoms with Crippen LogP contribution in [0.15, 0.2) is 36.5 Å². The molecule has 1 aromatic heterocycles. The maximum atomic E-state index is 5.22. The molecule has 0 atom stereocenters. The van der Waals surface area contributed by atoms with Gasteiger partial charge in [0, 0.05) is 0 Å². The molecule has 2 aromatic rings. The van der Waals surface area contributed by atoms with Crippen molar-refractivity contribution < 1.29 is 0 Å². The summed E-state index contributed by atoms with van der Waals surface area (Å²) in [6, 6.07) is 10.5. The second-order valence-corrected chi connectivity index (χ2v) is 6.03. The third-order valence-electron chi connectivity index (χ3n) is 2.45. The molecule has 0 N–H and O–H groups in total. The van der Waals surface area contributed by atoms with Gasteiger partial charge >= 0.3 is 114 Å². The van der Waals surface area contributed by atoms with Crippen molar-refractivity contribution in [3.05, 3.63) is 42.2 Å². The molecule has 0 aliphatic rings. The molecule has 3 nitrogen and oxygen atoms in total. The Labute approximate surface area is 114 Å². The van der Waals surface area contributed by atoms with Gasteiger partial charge in [0.05, 0.1) is 0 Å². The Morgan fingerprint density at radius 1 is 1.28 bits per heavy atom. The average molecular weight is 304 g/mol. The zero-order valence-corrected chi connectivity index (χ0v) is 11.8. The molecule has 0 amide bonds. The molecule has 2 rings (SSSR count).